The summed E-state index contributed by atoms with van der Waals surface area (Å²) in [6, 6.07) is 1.99. The molecule has 1 N–H and O–H groups in total. The van der Waals surface area contributed by atoms with Crippen LogP contribution in [-0.4, -0.2) is 19.8 Å². The fraction of sp³-hybridized carbons (Fsp3) is 0.667. The van der Waals surface area contributed by atoms with Gasteiger partial charge in [-0.2, -0.15) is 0 Å². The molecule has 1 fully saturated rings. The van der Waals surface area contributed by atoms with E-state index in [2.05, 4.69) is 44.1 Å². The van der Waals surface area contributed by atoms with Gasteiger partial charge in [0.05, 0.1) is 11.0 Å². The summed E-state index contributed by atoms with van der Waals surface area (Å²) in [5.74, 6) is 0.944. The standard InChI is InChI=1S/C12H17Br2NO2/c1-12(2-4-16-5-3-12)8-15-7-9-6-10(13)11(14)17-9/h6,15H,2-5,7-8H2,1H3. The van der Waals surface area contributed by atoms with Crippen molar-refractivity contribution in [2.45, 2.75) is 26.3 Å². The lowest BCUT2D eigenvalue weighted by Crippen LogP contribution is -2.36. The normalized spacial score (nSPS) is 19.5. The Morgan fingerprint density at radius 3 is 2.65 bits per heavy atom. The average Bonchev–Trinajstić information content (AvgIpc) is 2.59. The third-order valence-electron chi connectivity index (χ3n) is 3.25. The quantitative estimate of drug-likeness (QED) is 0.881. The summed E-state index contributed by atoms with van der Waals surface area (Å²) >= 11 is 6.75. The summed E-state index contributed by atoms with van der Waals surface area (Å²) < 4.78 is 12.6. The van der Waals surface area contributed by atoms with Gasteiger partial charge in [-0.1, -0.05) is 6.92 Å². The van der Waals surface area contributed by atoms with Gasteiger partial charge >= 0.3 is 0 Å². The lowest BCUT2D eigenvalue weighted by Gasteiger charge is -2.33. The molecule has 0 bridgehead atoms. The Hall–Kier alpha value is 0.160. The van der Waals surface area contributed by atoms with Gasteiger partial charge in [-0.25, -0.2) is 0 Å². The molecule has 1 aliphatic heterocycles. The van der Waals surface area contributed by atoms with Crippen molar-refractivity contribution in [2.24, 2.45) is 5.41 Å². The van der Waals surface area contributed by atoms with Crippen LogP contribution in [0.5, 0.6) is 0 Å². The van der Waals surface area contributed by atoms with Crippen molar-refractivity contribution in [3.63, 3.8) is 0 Å². The van der Waals surface area contributed by atoms with Crippen molar-refractivity contribution in [3.8, 4) is 0 Å². The molecule has 0 atom stereocenters. The molecule has 17 heavy (non-hydrogen) atoms. The van der Waals surface area contributed by atoms with Crippen molar-refractivity contribution in [1.82, 2.24) is 5.32 Å². The predicted molar refractivity (Wildman–Crippen MR) is 74.0 cm³/mol. The molecule has 0 spiro atoms. The number of furan rings is 1. The Bertz CT molecular complexity index is 353. The topological polar surface area (TPSA) is 34.4 Å². The van der Waals surface area contributed by atoms with E-state index in [0.717, 1.165) is 54.0 Å². The van der Waals surface area contributed by atoms with Crippen molar-refractivity contribution >= 4 is 31.9 Å². The first-order valence-corrected chi connectivity index (χ1v) is 7.40. The molecule has 0 saturated carbocycles. The maximum atomic E-state index is 5.52. The van der Waals surface area contributed by atoms with E-state index in [4.69, 9.17) is 9.15 Å². The van der Waals surface area contributed by atoms with Crippen LogP contribution in [0.1, 0.15) is 25.5 Å². The maximum absolute atomic E-state index is 5.52. The molecule has 2 heterocycles. The van der Waals surface area contributed by atoms with E-state index in [-0.39, 0.29) is 0 Å². The second-order valence-electron chi connectivity index (χ2n) is 4.86. The van der Waals surface area contributed by atoms with Crippen LogP contribution in [-0.2, 0) is 11.3 Å². The number of hydrogen-bond acceptors (Lipinski definition) is 3. The molecule has 0 radical (unpaired) electrons. The van der Waals surface area contributed by atoms with Gasteiger partial charge in [-0.3, -0.25) is 0 Å². The minimum Gasteiger partial charge on any atom is -0.452 e. The molecule has 0 aromatic carbocycles. The summed E-state index contributed by atoms with van der Waals surface area (Å²) in [5.41, 5.74) is 0.360. The lowest BCUT2D eigenvalue weighted by atomic mass is 9.82. The molecular formula is C12H17Br2NO2. The first-order valence-electron chi connectivity index (χ1n) is 5.81. The maximum Gasteiger partial charge on any atom is 0.183 e. The predicted octanol–water partition coefficient (Wildman–Crippen LogP) is 3.71. The molecule has 96 valence electrons. The lowest BCUT2D eigenvalue weighted by molar-refractivity contribution is 0.0238. The van der Waals surface area contributed by atoms with Crippen LogP contribution in [0.3, 0.4) is 0 Å². The molecule has 1 aromatic rings. The van der Waals surface area contributed by atoms with Gasteiger partial charge in [0.1, 0.15) is 5.76 Å². The Morgan fingerprint density at radius 1 is 1.35 bits per heavy atom. The van der Waals surface area contributed by atoms with Crippen molar-refractivity contribution in [3.05, 3.63) is 21.0 Å². The van der Waals surface area contributed by atoms with Crippen LogP contribution in [0.25, 0.3) is 0 Å². The van der Waals surface area contributed by atoms with E-state index < -0.39 is 0 Å². The number of ether oxygens (including phenoxy) is 1. The van der Waals surface area contributed by atoms with E-state index >= 15 is 0 Å². The first kappa shape index (κ1) is 13.6. The highest BCUT2D eigenvalue weighted by atomic mass is 79.9. The third-order valence-corrected chi connectivity index (χ3v) is 4.96. The second-order valence-corrected chi connectivity index (χ2v) is 6.44. The highest BCUT2D eigenvalue weighted by molar-refractivity contribution is 9.13. The van der Waals surface area contributed by atoms with Crippen molar-refractivity contribution < 1.29 is 9.15 Å². The molecule has 1 aromatic heterocycles. The van der Waals surface area contributed by atoms with Gasteiger partial charge in [-0.15, -0.1) is 0 Å². The molecule has 1 aliphatic rings. The number of hydrogen-bond donors (Lipinski definition) is 1. The van der Waals surface area contributed by atoms with Crippen LogP contribution in [0, 0.1) is 5.41 Å². The van der Waals surface area contributed by atoms with Crippen LogP contribution in [0.15, 0.2) is 19.6 Å². The SMILES string of the molecule is CC1(CNCc2cc(Br)c(Br)o2)CCOCC1. The number of nitrogens with one attached hydrogen (secondary N) is 1. The minimum atomic E-state index is 0.360. The van der Waals surface area contributed by atoms with Gasteiger partial charge in [-0.05, 0) is 56.2 Å². The number of rotatable bonds is 4. The van der Waals surface area contributed by atoms with E-state index in [9.17, 15) is 0 Å². The van der Waals surface area contributed by atoms with Gasteiger partial charge < -0.3 is 14.5 Å². The highest BCUT2D eigenvalue weighted by Crippen LogP contribution is 2.29. The fourth-order valence-electron chi connectivity index (χ4n) is 2.01. The van der Waals surface area contributed by atoms with E-state index in [1.807, 2.05) is 6.07 Å². The van der Waals surface area contributed by atoms with Gasteiger partial charge in [0.15, 0.2) is 4.67 Å². The molecule has 0 amide bonds. The Kier molecular flexibility index (Phi) is 4.69. The molecule has 1 saturated heterocycles. The van der Waals surface area contributed by atoms with Gasteiger partial charge in [0, 0.05) is 19.8 Å². The van der Waals surface area contributed by atoms with Crippen LogP contribution in [0.4, 0.5) is 0 Å². The molecule has 2 rings (SSSR count). The van der Waals surface area contributed by atoms with E-state index in [0.29, 0.717) is 5.41 Å². The zero-order valence-corrected chi connectivity index (χ0v) is 13.1. The molecule has 0 unspecified atom stereocenters. The summed E-state index contributed by atoms with van der Waals surface area (Å²) in [6.07, 6.45) is 2.26. The summed E-state index contributed by atoms with van der Waals surface area (Å²) in [4.78, 5) is 0. The van der Waals surface area contributed by atoms with Crippen LogP contribution < -0.4 is 5.32 Å². The smallest absolute Gasteiger partial charge is 0.183 e. The van der Waals surface area contributed by atoms with Crippen LogP contribution in [0.2, 0.25) is 0 Å². The van der Waals surface area contributed by atoms with Crippen molar-refractivity contribution in [2.75, 3.05) is 19.8 Å². The van der Waals surface area contributed by atoms with E-state index in [1.54, 1.807) is 0 Å². The zero-order chi connectivity index (χ0) is 12.3. The van der Waals surface area contributed by atoms with Gasteiger partial charge in [0.2, 0.25) is 0 Å². The van der Waals surface area contributed by atoms with Crippen LogP contribution >= 0.6 is 31.9 Å². The highest BCUT2D eigenvalue weighted by Gasteiger charge is 2.26. The molecular weight excluding hydrogens is 350 g/mol. The Morgan fingerprint density at radius 2 is 2.06 bits per heavy atom. The minimum absolute atomic E-state index is 0.360. The van der Waals surface area contributed by atoms with E-state index in [1.165, 1.54) is 0 Å². The molecule has 3 nitrogen and oxygen atoms in total. The monoisotopic (exact) mass is 365 g/mol. The molecule has 5 heteroatoms. The van der Waals surface area contributed by atoms with Crippen molar-refractivity contribution in [1.29, 1.82) is 0 Å². The fourth-order valence-corrected chi connectivity index (χ4v) is 2.67. The largest absolute Gasteiger partial charge is 0.452 e. The summed E-state index contributed by atoms with van der Waals surface area (Å²) in [7, 11) is 0. The molecule has 0 aliphatic carbocycles. The summed E-state index contributed by atoms with van der Waals surface area (Å²) in [5, 5.41) is 3.46. The Labute approximate surface area is 119 Å². The second kappa shape index (κ2) is 5.87. The Balaban J connectivity index is 1.78. The number of halogens is 2. The zero-order valence-electron chi connectivity index (χ0n) is 9.89. The first-order chi connectivity index (χ1) is 8.09. The van der Waals surface area contributed by atoms with Gasteiger partial charge in [0.25, 0.3) is 0 Å². The average molecular weight is 367 g/mol. The third kappa shape index (κ3) is 3.81. The summed E-state index contributed by atoms with van der Waals surface area (Å²) in [6.45, 7) is 5.86.